The van der Waals surface area contributed by atoms with Gasteiger partial charge < -0.3 is 51.4 Å². The Balaban J connectivity index is 0.803. The number of anilines is 1. The molecule has 8 N–H and O–H groups in total. The summed E-state index contributed by atoms with van der Waals surface area (Å²) in [6.45, 7) is 4.17. The lowest BCUT2D eigenvalue weighted by atomic mass is 10.0. The number of carbonyl (C=O) groups excluding carboxylic acids is 8. The molecule has 7 rings (SSSR count). The molecule has 8 amide bonds. The van der Waals surface area contributed by atoms with Crippen molar-refractivity contribution in [1.29, 1.82) is 0 Å². The largest absolute Gasteiger partial charge is 0.496 e. The number of amides is 8. The summed E-state index contributed by atoms with van der Waals surface area (Å²) in [5.41, 5.74) is 10.8. The van der Waals surface area contributed by atoms with Gasteiger partial charge in [-0.25, -0.2) is 0 Å². The van der Waals surface area contributed by atoms with Crippen molar-refractivity contribution in [2.75, 3.05) is 78.5 Å². The number of rotatable bonds is 30. The van der Waals surface area contributed by atoms with E-state index in [1.165, 1.54) is 12.2 Å². The third-order valence-electron chi connectivity index (χ3n) is 13.3. The zero-order chi connectivity index (χ0) is 54.7. The first-order chi connectivity index (χ1) is 37.3. The van der Waals surface area contributed by atoms with Crippen LogP contribution in [0.25, 0.3) is 11.0 Å². The third-order valence-corrected chi connectivity index (χ3v) is 13.3. The zero-order valence-electron chi connectivity index (χ0n) is 43.6. The molecule has 3 aliphatic rings. The van der Waals surface area contributed by atoms with Gasteiger partial charge in [0, 0.05) is 76.2 Å². The van der Waals surface area contributed by atoms with Crippen LogP contribution in [0.1, 0.15) is 80.7 Å². The SMILES string of the molecule is CCCCOc1nc(N)c2n[nH]c(Cc3ccc(CN4CCN(C(=O)[C@H](OCNC(=O)CNC(=O)[C@H](Cc5ccccc5)NC(=O)CNC(=O)CNC(=O)CCCCCN5C(=O)C=CC5=O)C5CC5)CC4)c(OC)c3)c2n1. The third kappa shape index (κ3) is 17.0. The number of hydrogen-bond acceptors (Lipinski definition) is 16. The van der Waals surface area contributed by atoms with Crippen molar-refractivity contribution in [2.45, 2.75) is 89.8 Å². The quantitative estimate of drug-likeness (QED) is 0.0216. The number of unbranched alkanes of at least 4 members (excludes halogenated alkanes) is 3. The summed E-state index contributed by atoms with van der Waals surface area (Å²) in [5, 5.41) is 20.1. The molecular formula is C53H69N13O11. The number of hydrogen-bond donors (Lipinski definition) is 7. The van der Waals surface area contributed by atoms with Gasteiger partial charge in [-0.05, 0) is 55.2 Å². The van der Waals surface area contributed by atoms with E-state index in [1.807, 2.05) is 18.2 Å². The van der Waals surface area contributed by atoms with Crippen LogP contribution in [0, 0.1) is 5.92 Å². The molecule has 4 aromatic rings. The molecule has 0 bridgehead atoms. The number of aromatic nitrogens is 4. The molecule has 4 heterocycles. The van der Waals surface area contributed by atoms with Crippen LogP contribution >= 0.6 is 0 Å². The first-order valence-electron chi connectivity index (χ1n) is 26.1. The number of ether oxygens (including phenoxy) is 3. The van der Waals surface area contributed by atoms with E-state index in [1.54, 1.807) is 42.3 Å². The predicted octanol–water partition coefficient (Wildman–Crippen LogP) is 0.788. The van der Waals surface area contributed by atoms with Crippen molar-refractivity contribution in [3.8, 4) is 11.8 Å². The van der Waals surface area contributed by atoms with Gasteiger partial charge in [-0.15, -0.1) is 0 Å². The molecule has 2 fully saturated rings. The van der Waals surface area contributed by atoms with Crippen LogP contribution < -0.4 is 41.8 Å². The van der Waals surface area contributed by atoms with E-state index in [2.05, 4.69) is 58.6 Å². The van der Waals surface area contributed by atoms with Gasteiger partial charge in [0.15, 0.2) is 11.3 Å². The summed E-state index contributed by atoms with van der Waals surface area (Å²) in [4.78, 5) is 115. The van der Waals surface area contributed by atoms with Gasteiger partial charge in [-0.3, -0.25) is 53.3 Å². The maximum absolute atomic E-state index is 13.8. The lowest BCUT2D eigenvalue weighted by molar-refractivity contribution is -0.149. The molecule has 2 aromatic heterocycles. The Morgan fingerprint density at radius 2 is 1.51 bits per heavy atom. The predicted molar refractivity (Wildman–Crippen MR) is 280 cm³/mol. The van der Waals surface area contributed by atoms with Crippen LogP contribution in [0.3, 0.4) is 0 Å². The normalized spacial score (nSPS) is 15.2. The van der Waals surface area contributed by atoms with E-state index in [0.29, 0.717) is 76.0 Å². The highest BCUT2D eigenvalue weighted by atomic mass is 16.5. The minimum absolute atomic E-state index is 0.0328. The van der Waals surface area contributed by atoms with Crippen LogP contribution in [0.4, 0.5) is 5.82 Å². The van der Waals surface area contributed by atoms with Gasteiger partial charge in [-0.2, -0.15) is 15.1 Å². The van der Waals surface area contributed by atoms with Gasteiger partial charge >= 0.3 is 6.01 Å². The summed E-state index contributed by atoms with van der Waals surface area (Å²) in [7, 11) is 1.64. The van der Waals surface area contributed by atoms with E-state index >= 15 is 0 Å². The minimum atomic E-state index is -1.11. The summed E-state index contributed by atoms with van der Waals surface area (Å²) in [6.07, 6.45) is 7.54. The van der Waals surface area contributed by atoms with E-state index < -0.39 is 48.9 Å². The van der Waals surface area contributed by atoms with Crippen molar-refractivity contribution in [3.05, 3.63) is 83.1 Å². The fourth-order valence-corrected chi connectivity index (χ4v) is 8.79. The van der Waals surface area contributed by atoms with Crippen molar-refractivity contribution in [3.63, 3.8) is 0 Å². The van der Waals surface area contributed by atoms with Crippen LogP contribution in [-0.4, -0.2) is 167 Å². The molecule has 0 spiro atoms. The smallest absolute Gasteiger partial charge is 0.319 e. The molecule has 2 atom stereocenters. The Morgan fingerprint density at radius 3 is 2.23 bits per heavy atom. The van der Waals surface area contributed by atoms with Gasteiger partial charge in [0.25, 0.3) is 17.7 Å². The van der Waals surface area contributed by atoms with Crippen molar-refractivity contribution in [2.24, 2.45) is 5.92 Å². The molecule has 1 saturated carbocycles. The zero-order valence-corrected chi connectivity index (χ0v) is 43.6. The van der Waals surface area contributed by atoms with E-state index in [-0.39, 0.29) is 74.0 Å². The highest BCUT2D eigenvalue weighted by Crippen LogP contribution is 2.35. The fourth-order valence-electron chi connectivity index (χ4n) is 8.79. The Morgan fingerprint density at radius 1 is 0.792 bits per heavy atom. The Kier molecular flexibility index (Phi) is 20.8. The lowest BCUT2D eigenvalue weighted by Gasteiger charge is -2.36. The average Bonchev–Trinajstić information content (AvgIpc) is 4.13. The van der Waals surface area contributed by atoms with Crippen molar-refractivity contribution in [1.82, 2.24) is 61.4 Å². The van der Waals surface area contributed by atoms with Crippen molar-refractivity contribution >= 4 is 64.1 Å². The fraction of sp³-hybridized carbons (Fsp3) is 0.491. The number of nitrogens with two attached hydrogens (primary N) is 1. The molecule has 1 saturated heterocycles. The van der Waals surface area contributed by atoms with Crippen LogP contribution in [0.5, 0.6) is 11.8 Å². The Labute approximate surface area is 445 Å². The molecule has 24 heteroatoms. The number of methoxy groups -OCH3 is 1. The second-order valence-corrected chi connectivity index (χ2v) is 19.1. The Bertz CT molecular complexity index is 2740. The van der Waals surface area contributed by atoms with Crippen molar-refractivity contribution < 1.29 is 52.6 Å². The molecular weight excluding hydrogens is 995 g/mol. The number of piperazine rings is 1. The number of nitrogens with zero attached hydrogens (tertiary/aromatic N) is 6. The van der Waals surface area contributed by atoms with Gasteiger partial charge in [0.2, 0.25) is 29.5 Å². The second-order valence-electron chi connectivity index (χ2n) is 19.1. The van der Waals surface area contributed by atoms with Gasteiger partial charge in [-0.1, -0.05) is 62.2 Å². The molecule has 412 valence electrons. The number of nitrogens with one attached hydrogen (secondary N) is 6. The van der Waals surface area contributed by atoms with E-state index in [4.69, 9.17) is 19.9 Å². The molecule has 0 unspecified atom stereocenters. The van der Waals surface area contributed by atoms with Gasteiger partial charge in [0.1, 0.15) is 30.1 Å². The molecule has 24 nitrogen and oxygen atoms in total. The number of nitrogen functional groups attached to an aromatic ring is 1. The Hall–Kier alpha value is -7.99. The first-order valence-corrected chi connectivity index (χ1v) is 26.1. The van der Waals surface area contributed by atoms with E-state index in [0.717, 1.165) is 58.7 Å². The monoisotopic (exact) mass is 1060 g/mol. The summed E-state index contributed by atoms with van der Waals surface area (Å²) in [6, 6.07) is 14.1. The molecule has 0 radical (unpaired) electrons. The molecule has 1 aliphatic carbocycles. The maximum atomic E-state index is 13.8. The highest BCUT2D eigenvalue weighted by Gasteiger charge is 2.40. The summed E-state index contributed by atoms with van der Waals surface area (Å²) < 4.78 is 17.5. The standard InChI is InChI=1S/C53H69N13O11/c1-3-4-25-76-53-60-47-38(62-63-48(47)50(54)61-53)27-35-14-15-37(40(28-35)75-2)32-64-21-23-65(24-22-64)52(74)49(36-16-17-36)77-33-58-43(69)30-57-51(73)39(26-34-11-7-5-8-12-34)59-44(70)31-56-42(68)29-55-41(67)13-9-6-10-20-66-45(71)18-19-46(66)72/h5,7-8,11-12,14-15,18-19,28,36,39,49H,3-4,6,9-10,13,16-17,20-27,29-33H2,1-2H3,(H,55,67)(H,56,68)(H,57,73)(H,58,69)(H,59,70)(H,62,63)(H2,54,60,61)/t39-,49+/m0/s1. The molecule has 2 aromatic carbocycles. The number of carbonyl (C=O) groups is 8. The minimum Gasteiger partial charge on any atom is -0.496 e. The molecule has 2 aliphatic heterocycles. The number of aromatic amines is 1. The van der Waals surface area contributed by atoms with Crippen LogP contribution in [-0.2, 0) is 62.5 Å². The summed E-state index contributed by atoms with van der Waals surface area (Å²) in [5.74, 6) is -2.71. The maximum Gasteiger partial charge on any atom is 0.319 e. The number of imide groups is 1. The first kappa shape index (κ1) is 56.7. The molecule has 77 heavy (non-hydrogen) atoms. The second kappa shape index (κ2) is 28.2. The number of benzene rings is 2. The number of H-pyrrole nitrogens is 1. The number of fused-ring (bicyclic) bond motifs is 1. The summed E-state index contributed by atoms with van der Waals surface area (Å²) >= 11 is 0. The lowest BCUT2D eigenvalue weighted by Crippen LogP contribution is -2.53. The van der Waals surface area contributed by atoms with E-state index in [9.17, 15) is 38.4 Å². The average molecular weight is 1060 g/mol. The van der Waals surface area contributed by atoms with Crippen LogP contribution in [0.15, 0.2) is 60.7 Å². The van der Waals surface area contributed by atoms with Gasteiger partial charge in [0.05, 0.1) is 39.0 Å². The van der Waals surface area contributed by atoms with Crippen LogP contribution in [0.2, 0.25) is 0 Å². The highest BCUT2D eigenvalue weighted by molar-refractivity contribution is 6.12. The topological polar surface area (TPSA) is 315 Å².